The lowest BCUT2D eigenvalue weighted by molar-refractivity contribution is -0.135. The molecular formula is C22H23N3O2S. The molecule has 1 amide bonds. The topological polar surface area (TPSA) is 45.7 Å². The van der Waals surface area contributed by atoms with E-state index in [0.29, 0.717) is 0 Å². The molecule has 2 heterocycles. The van der Waals surface area contributed by atoms with E-state index >= 15 is 0 Å². The van der Waals surface area contributed by atoms with Crippen molar-refractivity contribution in [1.29, 1.82) is 0 Å². The molecule has 144 valence electrons. The SMILES string of the molecule is O=C(COc1ccccc1)N1CCN(Cc2nc(-c3ccccc3)cs2)CC1. The predicted molar refractivity (Wildman–Crippen MR) is 111 cm³/mol. The fourth-order valence-corrected chi connectivity index (χ4v) is 4.07. The lowest BCUT2D eigenvalue weighted by atomic mass is 10.2. The van der Waals surface area contributed by atoms with Crippen LogP contribution in [0.3, 0.4) is 0 Å². The van der Waals surface area contributed by atoms with Gasteiger partial charge in [-0.1, -0.05) is 48.5 Å². The Bertz CT molecular complexity index is 890. The average Bonchev–Trinajstić information content (AvgIpc) is 3.22. The predicted octanol–water partition coefficient (Wildman–Crippen LogP) is 3.53. The Hall–Kier alpha value is -2.70. The fraction of sp³-hybridized carbons (Fsp3) is 0.273. The Balaban J connectivity index is 1.24. The van der Waals surface area contributed by atoms with Gasteiger partial charge in [0.05, 0.1) is 12.2 Å². The van der Waals surface area contributed by atoms with E-state index in [1.165, 1.54) is 0 Å². The summed E-state index contributed by atoms with van der Waals surface area (Å²) in [6.07, 6.45) is 0. The van der Waals surface area contributed by atoms with Crippen LogP contribution in [0.15, 0.2) is 66.0 Å². The Morgan fingerprint density at radius 3 is 2.36 bits per heavy atom. The van der Waals surface area contributed by atoms with Crippen LogP contribution in [0.2, 0.25) is 0 Å². The van der Waals surface area contributed by atoms with E-state index in [9.17, 15) is 4.79 Å². The third-order valence-electron chi connectivity index (χ3n) is 4.81. The highest BCUT2D eigenvalue weighted by atomic mass is 32.1. The molecule has 0 atom stereocenters. The number of carbonyl (C=O) groups excluding carboxylic acids is 1. The third-order valence-corrected chi connectivity index (χ3v) is 5.64. The minimum atomic E-state index is 0.0455. The number of carbonyl (C=O) groups is 1. The Morgan fingerprint density at radius 1 is 0.964 bits per heavy atom. The van der Waals surface area contributed by atoms with Gasteiger partial charge in [0, 0.05) is 37.1 Å². The van der Waals surface area contributed by atoms with Crippen LogP contribution in [0.1, 0.15) is 5.01 Å². The van der Waals surface area contributed by atoms with Crippen molar-refractivity contribution in [2.75, 3.05) is 32.8 Å². The summed E-state index contributed by atoms with van der Waals surface area (Å²) < 4.78 is 5.58. The molecule has 0 aliphatic carbocycles. The summed E-state index contributed by atoms with van der Waals surface area (Å²) in [6, 6.07) is 19.7. The molecule has 0 saturated carbocycles. The fourth-order valence-electron chi connectivity index (χ4n) is 3.22. The van der Waals surface area contributed by atoms with Crippen LogP contribution in [0, 0.1) is 0 Å². The van der Waals surface area contributed by atoms with Gasteiger partial charge in [0.15, 0.2) is 6.61 Å². The van der Waals surface area contributed by atoms with E-state index < -0.39 is 0 Å². The van der Waals surface area contributed by atoms with E-state index in [-0.39, 0.29) is 12.5 Å². The van der Waals surface area contributed by atoms with Crippen LogP contribution >= 0.6 is 11.3 Å². The number of hydrogen-bond acceptors (Lipinski definition) is 5. The van der Waals surface area contributed by atoms with Gasteiger partial charge < -0.3 is 9.64 Å². The molecule has 1 aliphatic rings. The summed E-state index contributed by atoms with van der Waals surface area (Å²) in [5.74, 6) is 0.775. The third kappa shape index (κ3) is 4.77. The number of aromatic nitrogens is 1. The van der Waals surface area contributed by atoms with Gasteiger partial charge in [0.2, 0.25) is 0 Å². The van der Waals surface area contributed by atoms with Gasteiger partial charge in [-0.25, -0.2) is 4.98 Å². The first kappa shape index (κ1) is 18.7. The quantitative estimate of drug-likeness (QED) is 0.643. The van der Waals surface area contributed by atoms with Gasteiger partial charge in [-0.15, -0.1) is 11.3 Å². The summed E-state index contributed by atoms with van der Waals surface area (Å²) in [7, 11) is 0. The monoisotopic (exact) mass is 393 g/mol. The maximum Gasteiger partial charge on any atom is 0.260 e. The molecule has 0 N–H and O–H groups in total. The highest BCUT2D eigenvalue weighted by Gasteiger charge is 2.22. The zero-order chi connectivity index (χ0) is 19.2. The lowest BCUT2D eigenvalue weighted by Crippen LogP contribution is -2.49. The summed E-state index contributed by atoms with van der Waals surface area (Å²) in [5, 5.41) is 3.23. The standard InChI is InChI=1S/C22H23N3O2S/c26-22(16-27-19-9-5-2-6-10-19)25-13-11-24(12-14-25)15-21-23-20(17-28-21)18-7-3-1-4-8-18/h1-10,17H,11-16H2. The zero-order valence-corrected chi connectivity index (χ0v) is 16.5. The van der Waals surface area contributed by atoms with Crippen LogP contribution in [0.25, 0.3) is 11.3 Å². The maximum absolute atomic E-state index is 12.4. The second kappa shape index (κ2) is 8.99. The molecule has 1 aromatic heterocycles. The molecule has 6 heteroatoms. The molecule has 3 aromatic rings. The van der Waals surface area contributed by atoms with Crippen LogP contribution in [-0.4, -0.2) is 53.5 Å². The minimum absolute atomic E-state index is 0.0455. The number of ether oxygens (including phenoxy) is 1. The number of para-hydroxylation sites is 1. The highest BCUT2D eigenvalue weighted by Crippen LogP contribution is 2.22. The molecule has 0 unspecified atom stereocenters. The smallest absolute Gasteiger partial charge is 0.260 e. The molecule has 0 bridgehead atoms. The largest absolute Gasteiger partial charge is 0.484 e. The van der Waals surface area contributed by atoms with Crippen molar-refractivity contribution < 1.29 is 9.53 Å². The summed E-state index contributed by atoms with van der Waals surface area (Å²) in [4.78, 5) is 21.4. The van der Waals surface area contributed by atoms with Gasteiger partial charge in [-0.2, -0.15) is 0 Å². The maximum atomic E-state index is 12.4. The van der Waals surface area contributed by atoms with Crippen molar-refractivity contribution in [2.45, 2.75) is 6.54 Å². The van der Waals surface area contributed by atoms with Crippen molar-refractivity contribution in [3.63, 3.8) is 0 Å². The molecule has 1 saturated heterocycles. The van der Waals surface area contributed by atoms with E-state index in [2.05, 4.69) is 22.4 Å². The summed E-state index contributed by atoms with van der Waals surface area (Å²) in [6.45, 7) is 4.10. The number of benzene rings is 2. The summed E-state index contributed by atoms with van der Waals surface area (Å²) in [5.41, 5.74) is 2.19. The van der Waals surface area contributed by atoms with Crippen LogP contribution in [0.4, 0.5) is 0 Å². The molecule has 1 aliphatic heterocycles. The minimum Gasteiger partial charge on any atom is -0.484 e. The first-order valence-electron chi connectivity index (χ1n) is 9.46. The average molecular weight is 394 g/mol. The van der Waals surface area contributed by atoms with Crippen molar-refractivity contribution in [2.24, 2.45) is 0 Å². The highest BCUT2D eigenvalue weighted by molar-refractivity contribution is 7.09. The second-order valence-electron chi connectivity index (χ2n) is 6.75. The van der Waals surface area contributed by atoms with E-state index in [0.717, 1.165) is 54.7 Å². The Morgan fingerprint density at radius 2 is 1.64 bits per heavy atom. The van der Waals surface area contributed by atoms with Crippen molar-refractivity contribution in [3.05, 3.63) is 71.1 Å². The first-order valence-corrected chi connectivity index (χ1v) is 10.3. The molecule has 2 aromatic carbocycles. The number of nitrogens with zero attached hydrogens (tertiary/aromatic N) is 3. The number of rotatable bonds is 6. The van der Waals surface area contributed by atoms with E-state index in [1.807, 2.05) is 53.4 Å². The molecule has 5 nitrogen and oxygen atoms in total. The van der Waals surface area contributed by atoms with E-state index in [4.69, 9.17) is 9.72 Å². The van der Waals surface area contributed by atoms with Gasteiger partial charge in [0.25, 0.3) is 5.91 Å². The Labute approximate surface area is 169 Å². The van der Waals surface area contributed by atoms with Gasteiger partial charge in [-0.3, -0.25) is 9.69 Å². The number of amides is 1. The van der Waals surface area contributed by atoms with Crippen LogP contribution in [-0.2, 0) is 11.3 Å². The second-order valence-corrected chi connectivity index (χ2v) is 7.69. The molecule has 1 fully saturated rings. The first-order chi connectivity index (χ1) is 13.8. The molecule has 4 rings (SSSR count). The van der Waals surface area contributed by atoms with Crippen LogP contribution in [0.5, 0.6) is 5.75 Å². The number of thiazole rings is 1. The van der Waals surface area contributed by atoms with Gasteiger partial charge in [0.1, 0.15) is 10.8 Å². The lowest BCUT2D eigenvalue weighted by Gasteiger charge is -2.34. The van der Waals surface area contributed by atoms with Gasteiger partial charge >= 0.3 is 0 Å². The van der Waals surface area contributed by atoms with Crippen molar-refractivity contribution in [3.8, 4) is 17.0 Å². The zero-order valence-electron chi connectivity index (χ0n) is 15.7. The summed E-state index contributed by atoms with van der Waals surface area (Å²) >= 11 is 1.70. The molecule has 28 heavy (non-hydrogen) atoms. The van der Waals surface area contributed by atoms with E-state index in [1.54, 1.807) is 11.3 Å². The molecule has 0 spiro atoms. The Kier molecular flexibility index (Phi) is 5.99. The number of hydrogen-bond donors (Lipinski definition) is 0. The normalized spacial score (nSPS) is 14.8. The number of piperazine rings is 1. The van der Waals surface area contributed by atoms with Crippen LogP contribution < -0.4 is 4.74 Å². The van der Waals surface area contributed by atoms with Crippen molar-refractivity contribution in [1.82, 2.24) is 14.8 Å². The van der Waals surface area contributed by atoms with Crippen molar-refractivity contribution >= 4 is 17.2 Å². The van der Waals surface area contributed by atoms with Gasteiger partial charge in [-0.05, 0) is 12.1 Å². The molecular weight excluding hydrogens is 370 g/mol. The molecule has 0 radical (unpaired) electrons.